The maximum absolute atomic E-state index is 12.8. The summed E-state index contributed by atoms with van der Waals surface area (Å²) < 4.78 is 38.3. The molecule has 0 aliphatic carbocycles. The topological polar surface area (TPSA) is 39.9 Å². The Morgan fingerprint density at radius 1 is 1.19 bits per heavy atom. The molecule has 3 rings (SSSR count). The molecule has 0 aliphatic heterocycles. The molecule has 0 unspecified atom stereocenters. The number of hydrogen-bond acceptors (Lipinski definition) is 1. The number of alkyl halides is 3. The van der Waals surface area contributed by atoms with Crippen molar-refractivity contribution in [1.82, 2.24) is 10.3 Å². The quantitative estimate of drug-likeness (QED) is 0.484. The number of nitrogens with one attached hydrogen (secondary N) is 3. The number of rotatable bonds is 4. The highest BCUT2D eigenvalue weighted by Gasteiger charge is 2.30. The predicted octanol–water partition coefficient (Wildman–Crippen LogP) is 5.68. The van der Waals surface area contributed by atoms with Crippen LogP contribution < -0.4 is 10.6 Å². The van der Waals surface area contributed by atoms with Crippen LogP contribution in [0.5, 0.6) is 0 Å². The molecule has 3 nitrogen and oxygen atoms in total. The fourth-order valence-electron chi connectivity index (χ4n) is 2.93. The van der Waals surface area contributed by atoms with Crippen LogP contribution in [0.1, 0.15) is 16.8 Å². The Hall–Kier alpha value is -2.25. The van der Waals surface area contributed by atoms with Crippen molar-refractivity contribution in [2.24, 2.45) is 0 Å². The van der Waals surface area contributed by atoms with Crippen LogP contribution >= 0.6 is 23.8 Å². The Morgan fingerprint density at radius 2 is 1.96 bits per heavy atom. The monoisotopic (exact) mass is 411 g/mol. The maximum Gasteiger partial charge on any atom is 0.416 e. The lowest BCUT2D eigenvalue weighted by atomic mass is 10.1. The molecule has 0 atom stereocenters. The molecule has 3 N–H and O–H groups in total. The van der Waals surface area contributed by atoms with Crippen LogP contribution in [0.3, 0.4) is 0 Å². The number of halogens is 4. The smallest absolute Gasteiger partial charge is 0.362 e. The number of H-pyrrole nitrogens is 1. The van der Waals surface area contributed by atoms with E-state index in [-0.39, 0.29) is 10.8 Å². The molecule has 142 valence electrons. The lowest BCUT2D eigenvalue weighted by Crippen LogP contribution is -2.30. The molecule has 0 spiro atoms. The van der Waals surface area contributed by atoms with Gasteiger partial charge in [-0.05, 0) is 67.5 Å². The molecule has 27 heavy (non-hydrogen) atoms. The molecule has 0 saturated carbocycles. The van der Waals surface area contributed by atoms with Gasteiger partial charge >= 0.3 is 6.18 Å². The number of benzene rings is 2. The minimum Gasteiger partial charge on any atom is -0.362 e. The second kappa shape index (κ2) is 7.78. The molecular formula is C19H17ClF3N3S. The maximum atomic E-state index is 12.8. The zero-order chi connectivity index (χ0) is 19.6. The number of thiocarbonyl (C=S) groups is 1. The molecular weight excluding hydrogens is 395 g/mol. The summed E-state index contributed by atoms with van der Waals surface area (Å²) in [6, 6.07) is 10.6. The van der Waals surface area contributed by atoms with E-state index in [0.717, 1.165) is 34.3 Å². The molecule has 0 saturated heterocycles. The van der Waals surface area contributed by atoms with Crippen molar-refractivity contribution >= 4 is 45.5 Å². The molecule has 0 amide bonds. The summed E-state index contributed by atoms with van der Waals surface area (Å²) in [5.74, 6) is 0. The largest absolute Gasteiger partial charge is 0.416 e. The van der Waals surface area contributed by atoms with E-state index in [1.165, 1.54) is 12.1 Å². The fourth-order valence-corrected chi connectivity index (χ4v) is 3.32. The predicted molar refractivity (Wildman–Crippen MR) is 107 cm³/mol. The third kappa shape index (κ3) is 4.73. The number of aryl methyl sites for hydroxylation is 1. The normalized spacial score (nSPS) is 11.6. The minimum absolute atomic E-state index is 0.268. The van der Waals surface area contributed by atoms with E-state index in [2.05, 4.69) is 15.6 Å². The summed E-state index contributed by atoms with van der Waals surface area (Å²) in [7, 11) is 0. The highest BCUT2D eigenvalue weighted by molar-refractivity contribution is 7.80. The third-order valence-electron chi connectivity index (χ3n) is 4.19. The average molecular weight is 412 g/mol. The lowest BCUT2D eigenvalue weighted by Gasteiger charge is -2.13. The number of aromatic amines is 1. The van der Waals surface area contributed by atoms with E-state index in [4.69, 9.17) is 23.8 Å². The first kappa shape index (κ1) is 19.5. The van der Waals surface area contributed by atoms with Gasteiger partial charge < -0.3 is 15.6 Å². The second-order valence-corrected chi connectivity index (χ2v) is 6.97. The zero-order valence-electron chi connectivity index (χ0n) is 14.4. The molecule has 8 heteroatoms. The molecule has 0 fully saturated rings. The fraction of sp³-hybridized carbons (Fsp3) is 0.211. The third-order valence-corrected chi connectivity index (χ3v) is 4.67. The van der Waals surface area contributed by atoms with Crippen molar-refractivity contribution in [2.75, 3.05) is 11.9 Å². The standard InChI is InChI=1S/C19H17ClF3N3S/c1-11-15(16-10-13(20)5-6-17(16)25-11)7-8-24-18(27)26-14-4-2-3-12(9-14)19(21,22)23/h2-6,9-10,25H,7-8H2,1H3,(H2,24,26,27). The van der Waals surface area contributed by atoms with Crippen LogP contribution in [0.4, 0.5) is 18.9 Å². The van der Waals surface area contributed by atoms with Crippen LogP contribution in [-0.2, 0) is 12.6 Å². The summed E-state index contributed by atoms with van der Waals surface area (Å²) in [6.45, 7) is 2.52. The van der Waals surface area contributed by atoms with Gasteiger partial charge in [-0.2, -0.15) is 13.2 Å². The van der Waals surface area contributed by atoms with E-state index in [9.17, 15) is 13.2 Å². The molecule has 1 aromatic heterocycles. The summed E-state index contributed by atoms with van der Waals surface area (Å²) in [6.07, 6.45) is -3.70. The van der Waals surface area contributed by atoms with Gasteiger partial charge in [0.25, 0.3) is 0 Å². The first-order chi connectivity index (χ1) is 12.7. The van der Waals surface area contributed by atoms with Crippen LogP contribution in [-0.4, -0.2) is 16.6 Å². The lowest BCUT2D eigenvalue weighted by molar-refractivity contribution is -0.137. The molecule has 0 radical (unpaired) electrons. The van der Waals surface area contributed by atoms with Crippen molar-refractivity contribution in [3.05, 3.63) is 64.3 Å². The SMILES string of the molecule is Cc1[nH]c2ccc(Cl)cc2c1CCNC(=S)Nc1cccc(C(F)(F)F)c1. The van der Waals surface area contributed by atoms with Crippen molar-refractivity contribution < 1.29 is 13.2 Å². The van der Waals surface area contributed by atoms with Crippen molar-refractivity contribution in [1.29, 1.82) is 0 Å². The number of aromatic nitrogens is 1. The molecule has 3 aromatic rings. The number of anilines is 1. The molecule has 1 heterocycles. The first-order valence-corrected chi connectivity index (χ1v) is 9.01. The number of fused-ring (bicyclic) bond motifs is 1. The van der Waals surface area contributed by atoms with E-state index >= 15 is 0 Å². The zero-order valence-corrected chi connectivity index (χ0v) is 15.9. The van der Waals surface area contributed by atoms with Gasteiger partial charge in [-0.1, -0.05) is 17.7 Å². The van der Waals surface area contributed by atoms with Crippen molar-refractivity contribution in [3.8, 4) is 0 Å². The van der Waals surface area contributed by atoms with Crippen LogP contribution in [0.15, 0.2) is 42.5 Å². The van der Waals surface area contributed by atoms with Crippen LogP contribution in [0.25, 0.3) is 10.9 Å². The van der Waals surface area contributed by atoms with Gasteiger partial charge in [0.1, 0.15) is 0 Å². The number of hydrogen-bond donors (Lipinski definition) is 3. The Bertz CT molecular complexity index is 982. The van der Waals surface area contributed by atoms with Gasteiger partial charge in [-0.25, -0.2) is 0 Å². The van der Waals surface area contributed by atoms with Crippen molar-refractivity contribution in [2.45, 2.75) is 19.5 Å². The summed E-state index contributed by atoms with van der Waals surface area (Å²) in [5, 5.41) is 7.80. The minimum atomic E-state index is -4.39. The highest BCUT2D eigenvalue weighted by atomic mass is 35.5. The molecule has 0 aliphatic rings. The summed E-state index contributed by atoms with van der Waals surface area (Å²) in [5.41, 5.74) is 2.75. The Labute approximate surface area is 164 Å². The van der Waals surface area contributed by atoms with Crippen LogP contribution in [0.2, 0.25) is 5.02 Å². The summed E-state index contributed by atoms with van der Waals surface area (Å²) >= 11 is 11.3. The van der Waals surface area contributed by atoms with Gasteiger partial charge in [0, 0.05) is 33.9 Å². The van der Waals surface area contributed by atoms with Gasteiger partial charge in [0.2, 0.25) is 0 Å². The molecule has 0 bridgehead atoms. The molecule has 2 aromatic carbocycles. The van der Waals surface area contributed by atoms with E-state index in [1.807, 2.05) is 25.1 Å². The second-order valence-electron chi connectivity index (χ2n) is 6.13. The van der Waals surface area contributed by atoms with E-state index < -0.39 is 11.7 Å². The Balaban J connectivity index is 1.61. The Morgan fingerprint density at radius 3 is 2.70 bits per heavy atom. The van der Waals surface area contributed by atoms with Gasteiger partial charge in [-0.15, -0.1) is 0 Å². The van der Waals surface area contributed by atoms with Gasteiger partial charge in [0.15, 0.2) is 5.11 Å². The Kier molecular flexibility index (Phi) is 5.62. The summed E-state index contributed by atoms with van der Waals surface area (Å²) in [4.78, 5) is 3.31. The van der Waals surface area contributed by atoms with Crippen LogP contribution in [0, 0.1) is 6.92 Å². The average Bonchev–Trinajstić information content (AvgIpc) is 2.89. The van der Waals surface area contributed by atoms with Gasteiger partial charge in [-0.3, -0.25) is 0 Å². The van der Waals surface area contributed by atoms with E-state index in [0.29, 0.717) is 18.0 Å². The van der Waals surface area contributed by atoms with Gasteiger partial charge in [0.05, 0.1) is 5.56 Å². The van der Waals surface area contributed by atoms with E-state index in [1.54, 1.807) is 0 Å². The first-order valence-electron chi connectivity index (χ1n) is 8.23. The highest BCUT2D eigenvalue weighted by Crippen LogP contribution is 2.30. The van der Waals surface area contributed by atoms with Crippen molar-refractivity contribution in [3.63, 3.8) is 0 Å².